The van der Waals surface area contributed by atoms with E-state index in [-0.39, 0.29) is 0 Å². The van der Waals surface area contributed by atoms with E-state index in [1.165, 1.54) is 0 Å². The van der Waals surface area contributed by atoms with Crippen molar-refractivity contribution in [2.45, 2.75) is 0 Å². The first-order chi connectivity index (χ1) is 5.86. The summed E-state index contributed by atoms with van der Waals surface area (Å²) in [7, 11) is 0. The van der Waals surface area contributed by atoms with Crippen LogP contribution in [0.15, 0.2) is 30.3 Å². The number of para-hydroxylation sites is 1. The van der Waals surface area contributed by atoms with Gasteiger partial charge in [-0.3, -0.25) is 4.84 Å². The van der Waals surface area contributed by atoms with Crippen molar-refractivity contribution >= 4 is 11.8 Å². The van der Waals surface area contributed by atoms with Crippen LogP contribution in [0.1, 0.15) is 0 Å². The molecule has 0 radical (unpaired) electrons. The Morgan fingerprint density at radius 3 is 2.58 bits per heavy atom. The van der Waals surface area contributed by atoms with Crippen LogP contribution in [-0.4, -0.2) is 6.16 Å². The topological polar surface area (TPSA) is 50.8 Å². The summed E-state index contributed by atoms with van der Waals surface area (Å²) in [5, 5.41) is 1.14. The molecule has 1 aliphatic rings. The fourth-order valence-corrected chi connectivity index (χ4v) is 0.859. The average molecular weight is 166 g/mol. The maximum absolute atomic E-state index is 10.5. The molecule has 1 aliphatic heterocycles. The van der Waals surface area contributed by atoms with E-state index in [9.17, 15) is 4.79 Å². The number of rotatable bonds is 1. The molecule has 0 spiro atoms. The molecule has 1 heterocycles. The Morgan fingerprint density at radius 2 is 2.00 bits per heavy atom. The van der Waals surface area contributed by atoms with Gasteiger partial charge in [-0.05, 0) is 17.7 Å². The van der Waals surface area contributed by atoms with Crippen LogP contribution in [0.4, 0.5) is 10.5 Å². The van der Waals surface area contributed by atoms with Gasteiger partial charge in [0.25, 0.3) is 0 Å². The molecule has 0 unspecified atom stereocenters. The lowest BCUT2D eigenvalue weighted by Crippen LogP contribution is -2.28. The third kappa shape index (κ3) is 1.17. The van der Waals surface area contributed by atoms with Crippen molar-refractivity contribution in [1.82, 2.24) is 5.59 Å². The molecule has 62 valence electrons. The van der Waals surface area contributed by atoms with E-state index in [4.69, 9.17) is 0 Å². The van der Waals surface area contributed by atoms with Gasteiger partial charge in [0.1, 0.15) is 0 Å². The lowest BCUT2D eigenvalue weighted by atomic mass is 10.3. The van der Waals surface area contributed by atoms with Crippen LogP contribution in [0.5, 0.6) is 0 Å². The van der Waals surface area contributed by atoms with Crippen LogP contribution in [0.3, 0.4) is 0 Å². The van der Waals surface area contributed by atoms with E-state index in [0.29, 0.717) is 5.69 Å². The predicted molar refractivity (Wildman–Crippen MR) is 39.6 cm³/mol. The molecule has 1 fully saturated rings. The third-order valence-corrected chi connectivity index (χ3v) is 1.37. The third-order valence-electron chi connectivity index (χ3n) is 1.37. The molecular weight excluding hydrogens is 160 g/mol. The van der Waals surface area contributed by atoms with E-state index < -0.39 is 6.16 Å². The zero-order valence-corrected chi connectivity index (χ0v) is 6.06. The molecule has 1 N–H and O–H groups in total. The zero-order chi connectivity index (χ0) is 8.39. The summed E-state index contributed by atoms with van der Waals surface area (Å²) in [6.45, 7) is 0. The molecule has 0 atom stereocenters. The Morgan fingerprint density at radius 1 is 1.25 bits per heavy atom. The number of hydrogen-bond acceptors (Lipinski definition) is 5. The molecule has 0 aliphatic carbocycles. The molecule has 1 saturated heterocycles. The highest BCUT2D eigenvalue weighted by molar-refractivity contribution is 5.63. The normalized spacial score (nSPS) is 15.7. The van der Waals surface area contributed by atoms with Crippen LogP contribution >= 0.6 is 0 Å². The highest BCUT2D eigenvalue weighted by Crippen LogP contribution is 2.14. The highest BCUT2D eigenvalue weighted by Gasteiger charge is 2.22. The van der Waals surface area contributed by atoms with Crippen LogP contribution in [0, 0.1) is 0 Å². The zero-order valence-electron chi connectivity index (χ0n) is 6.06. The number of carbonyl (C=O) groups excluding carboxylic acids is 1. The predicted octanol–water partition coefficient (Wildman–Crippen LogP) is 0.994. The van der Waals surface area contributed by atoms with Crippen LogP contribution in [0.2, 0.25) is 0 Å². The van der Waals surface area contributed by atoms with Gasteiger partial charge in [0.05, 0.1) is 5.69 Å². The molecule has 12 heavy (non-hydrogen) atoms. The molecule has 5 heteroatoms. The summed E-state index contributed by atoms with van der Waals surface area (Å²) >= 11 is 0. The maximum atomic E-state index is 10.5. The van der Waals surface area contributed by atoms with Crippen molar-refractivity contribution in [1.29, 1.82) is 0 Å². The lowest BCUT2D eigenvalue weighted by Gasteiger charge is -2.09. The van der Waals surface area contributed by atoms with E-state index in [0.717, 1.165) is 5.17 Å². The SMILES string of the molecule is O=C1ONN(c2ccccc2)O1. The summed E-state index contributed by atoms with van der Waals surface area (Å²) in [6, 6.07) is 9.05. The summed E-state index contributed by atoms with van der Waals surface area (Å²) in [5.41, 5.74) is 2.98. The summed E-state index contributed by atoms with van der Waals surface area (Å²) < 4.78 is 0. The Bertz CT molecular complexity index is 288. The van der Waals surface area contributed by atoms with Crippen LogP contribution in [0.25, 0.3) is 0 Å². The average Bonchev–Trinajstić information content (AvgIpc) is 2.54. The number of hydrogen-bond donors (Lipinski definition) is 1. The Hall–Kier alpha value is -1.75. The quantitative estimate of drug-likeness (QED) is 0.674. The Labute approximate surface area is 68.4 Å². The molecular formula is C7H6N2O3. The Kier molecular flexibility index (Phi) is 1.56. The van der Waals surface area contributed by atoms with E-state index in [1.807, 2.05) is 18.2 Å². The number of nitrogens with zero attached hydrogens (tertiary/aromatic N) is 1. The summed E-state index contributed by atoms with van der Waals surface area (Å²) in [6.07, 6.45) is -0.765. The van der Waals surface area contributed by atoms with Gasteiger partial charge in [0, 0.05) is 0 Å². The summed E-state index contributed by atoms with van der Waals surface area (Å²) in [5.74, 6) is 0. The van der Waals surface area contributed by atoms with Crippen molar-refractivity contribution < 1.29 is 14.5 Å². The molecule has 0 aromatic heterocycles. The van der Waals surface area contributed by atoms with Gasteiger partial charge in [0.2, 0.25) is 0 Å². The number of benzene rings is 1. The minimum atomic E-state index is -0.765. The van der Waals surface area contributed by atoms with Crippen molar-refractivity contribution in [3.05, 3.63) is 30.3 Å². The van der Waals surface area contributed by atoms with Gasteiger partial charge < -0.3 is 4.84 Å². The second-order valence-corrected chi connectivity index (χ2v) is 2.16. The minimum Gasteiger partial charge on any atom is -0.313 e. The molecule has 0 amide bonds. The standard InChI is InChI=1S/C7H6N2O3/c10-7-11-8-9(12-7)6-4-2-1-3-5-6/h1-5,8H. The minimum absolute atomic E-state index is 0.698. The maximum Gasteiger partial charge on any atom is 0.556 e. The van der Waals surface area contributed by atoms with Crippen LogP contribution in [-0.2, 0) is 9.68 Å². The molecule has 5 nitrogen and oxygen atoms in total. The van der Waals surface area contributed by atoms with E-state index in [2.05, 4.69) is 15.3 Å². The number of anilines is 1. The molecule has 0 bridgehead atoms. The van der Waals surface area contributed by atoms with Crippen molar-refractivity contribution in [2.24, 2.45) is 0 Å². The first-order valence-corrected chi connectivity index (χ1v) is 3.36. The van der Waals surface area contributed by atoms with Gasteiger partial charge in [-0.2, -0.15) is 4.79 Å². The molecule has 2 rings (SSSR count). The van der Waals surface area contributed by atoms with Gasteiger partial charge in [-0.25, -0.2) is 0 Å². The van der Waals surface area contributed by atoms with Gasteiger partial charge in [-0.1, -0.05) is 23.4 Å². The number of carbonyl (C=O) groups is 1. The monoisotopic (exact) mass is 166 g/mol. The van der Waals surface area contributed by atoms with Gasteiger partial charge in [-0.15, -0.1) is 0 Å². The second kappa shape index (κ2) is 2.71. The smallest absolute Gasteiger partial charge is 0.313 e. The second-order valence-electron chi connectivity index (χ2n) is 2.16. The molecule has 0 saturated carbocycles. The highest BCUT2D eigenvalue weighted by atomic mass is 17.0. The van der Waals surface area contributed by atoms with E-state index in [1.54, 1.807) is 12.1 Å². The number of nitrogens with one attached hydrogen (secondary N) is 1. The first kappa shape index (κ1) is 6.93. The molecule has 1 aromatic carbocycles. The Balaban J connectivity index is 2.16. The molecule has 1 aromatic rings. The lowest BCUT2D eigenvalue weighted by molar-refractivity contribution is 0.114. The van der Waals surface area contributed by atoms with Crippen LogP contribution < -0.4 is 10.8 Å². The van der Waals surface area contributed by atoms with Crippen molar-refractivity contribution in [2.75, 3.05) is 5.17 Å². The van der Waals surface area contributed by atoms with E-state index >= 15 is 0 Å². The van der Waals surface area contributed by atoms with Crippen molar-refractivity contribution in [3.8, 4) is 0 Å². The van der Waals surface area contributed by atoms with Crippen molar-refractivity contribution in [3.63, 3.8) is 0 Å². The van der Waals surface area contributed by atoms with Gasteiger partial charge >= 0.3 is 6.16 Å². The fraction of sp³-hybridized carbons (Fsp3) is 0. The van der Waals surface area contributed by atoms with Gasteiger partial charge in [0.15, 0.2) is 0 Å². The summed E-state index contributed by atoms with van der Waals surface area (Å²) in [4.78, 5) is 19.4. The first-order valence-electron chi connectivity index (χ1n) is 3.36. The largest absolute Gasteiger partial charge is 0.556 e. The number of hydrazine groups is 1. The fourth-order valence-electron chi connectivity index (χ4n) is 0.859.